The Bertz CT molecular complexity index is 1020. The second-order valence-electron chi connectivity index (χ2n) is 10.0. The van der Waals surface area contributed by atoms with Gasteiger partial charge in [-0.3, -0.25) is 4.79 Å². The van der Waals surface area contributed by atoms with Crippen molar-refractivity contribution >= 4 is 35.1 Å². The van der Waals surface area contributed by atoms with Gasteiger partial charge in [0.1, 0.15) is 5.02 Å². The number of likely N-dealkylation sites (tertiary alicyclic amines) is 1. The molecule has 9 nitrogen and oxygen atoms in total. The molecule has 33 heavy (non-hydrogen) atoms. The zero-order chi connectivity index (χ0) is 23.2. The van der Waals surface area contributed by atoms with Crippen molar-refractivity contribution in [3.8, 4) is 0 Å². The summed E-state index contributed by atoms with van der Waals surface area (Å²) in [5, 5.41) is 8.03. The van der Waals surface area contributed by atoms with Gasteiger partial charge in [-0.1, -0.05) is 11.6 Å². The Balaban J connectivity index is 1.23. The minimum Gasteiger partial charge on any atom is -0.343 e. The maximum Gasteiger partial charge on any atom is 0.227 e. The lowest BCUT2D eigenvalue weighted by molar-refractivity contribution is -0.131. The summed E-state index contributed by atoms with van der Waals surface area (Å²) >= 11 is 6.39. The second-order valence-corrected chi connectivity index (χ2v) is 10.4. The standard InChI is InChI=1S/C23H33ClN8O/c1-15(33)31-11-9-23(10-12-31)7-5-17(6-8-23)30(2)22-26-14-18(24)21(28-22)27-20-13-19(16-3-4-16)32(25)29-20/h13-14,16-17H,3-12,25H2,1-2H3,(H,26,27,28,29). The SMILES string of the molecule is CC(=O)N1CCC2(CCC(N(C)c3ncc(Cl)c(Nc4cc(C5CC5)n(N)n4)n3)CC2)CC1. The average Bonchev–Trinajstić information content (AvgIpc) is 3.58. The first-order chi connectivity index (χ1) is 15.8. The number of hydrogen-bond acceptors (Lipinski definition) is 7. The van der Waals surface area contributed by atoms with Crippen molar-refractivity contribution in [3.05, 3.63) is 23.0 Å². The highest BCUT2D eigenvalue weighted by Gasteiger charge is 2.39. The molecule has 5 rings (SSSR count). The zero-order valence-corrected chi connectivity index (χ0v) is 20.2. The number of rotatable bonds is 5. The van der Waals surface area contributed by atoms with Crippen LogP contribution in [0.5, 0.6) is 0 Å². The molecule has 178 valence electrons. The predicted octanol–water partition coefficient (Wildman–Crippen LogP) is 3.67. The van der Waals surface area contributed by atoms with Crippen molar-refractivity contribution in [1.82, 2.24) is 24.8 Å². The van der Waals surface area contributed by atoms with E-state index in [9.17, 15) is 4.79 Å². The van der Waals surface area contributed by atoms with Crippen LogP contribution in [0.15, 0.2) is 12.3 Å². The molecule has 2 aromatic heterocycles. The van der Waals surface area contributed by atoms with E-state index in [0.717, 1.165) is 57.3 Å². The minimum absolute atomic E-state index is 0.199. The Labute approximate surface area is 199 Å². The molecule has 3 aliphatic rings. The third-order valence-electron chi connectivity index (χ3n) is 7.89. The number of aromatic nitrogens is 4. The summed E-state index contributed by atoms with van der Waals surface area (Å²) in [5.41, 5.74) is 1.42. The van der Waals surface area contributed by atoms with Crippen LogP contribution in [0, 0.1) is 5.41 Å². The molecule has 3 fully saturated rings. The predicted molar refractivity (Wildman–Crippen MR) is 129 cm³/mol. The van der Waals surface area contributed by atoms with Gasteiger partial charge in [0.15, 0.2) is 11.6 Å². The topological polar surface area (TPSA) is 105 Å². The van der Waals surface area contributed by atoms with Crippen LogP contribution in [0.2, 0.25) is 5.02 Å². The first-order valence-corrected chi connectivity index (χ1v) is 12.3. The van der Waals surface area contributed by atoms with Crippen LogP contribution >= 0.6 is 11.6 Å². The Morgan fingerprint density at radius 1 is 1.21 bits per heavy atom. The lowest BCUT2D eigenvalue weighted by Gasteiger charge is -2.47. The van der Waals surface area contributed by atoms with Crippen LogP contribution in [-0.2, 0) is 4.79 Å². The molecule has 3 N–H and O–H groups in total. The van der Waals surface area contributed by atoms with Gasteiger partial charge in [0.25, 0.3) is 0 Å². The molecule has 2 saturated carbocycles. The quantitative estimate of drug-likeness (QED) is 0.639. The molecule has 2 aliphatic carbocycles. The van der Waals surface area contributed by atoms with E-state index in [0.29, 0.717) is 40.0 Å². The van der Waals surface area contributed by atoms with Crippen LogP contribution in [0.25, 0.3) is 0 Å². The molecule has 0 radical (unpaired) electrons. The molecule has 2 aromatic rings. The molecule has 1 saturated heterocycles. The number of anilines is 3. The van der Waals surface area contributed by atoms with Crippen LogP contribution < -0.4 is 16.1 Å². The van der Waals surface area contributed by atoms with Crippen LogP contribution in [0.4, 0.5) is 17.6 Å². The van der Waals surface area contributed by atoms with Crippen molar-refractivity contribution in [2.75, 3.05) is 36.2 Å². The van der Waals surface area contributed by atoms with Crippen molar-refractivity contribution < 1.29 is 4.79 Å². The van der Waals surface area contributed by atoms with E-state index in [2.05, 4.69) is 27.3 Å². The van der Waals surface area contributed by atoms with Gasteiger partial charge in [-0.15, -0.1) is 5.10 Å². The first kappa shape index (κ1) is 22.3. The molecule has 1 aliphatic heterocycles. The molecule has 1 spiro atoms. The molecule has 0 atom stereocenters. The number of nitrogen functional groups attached to an aromatic ring is 1. The second kappa shape index (κ2) is 8.66. The van der Waals surface area contributed by atoms with E-state index in [-0.39, 0.29) is 5.91 Å². The number of carbonyl (C=O) groups excluding carboxylic acids is 1. The summed E-state index contributed by atoms with van der Waals surface area (Å²) in [6.07, 6.45) is 10.8. The van der Waals surface area contributed by atoms with Gasteiger partial charge in [-0.05, 0) is 56.8 Å². The summed E-state index contributed by atoms with van der Waals surface area (Å²) in [4.78, 5) is 26.5. The van der Waals surface area contributed by atoms with E-state index in [1.807, 2.05) is 11.0 Å². The number of halogens is 1. The molecule has 10 heteroatoms. The van der Waals surface area contributed by atoms with Gasteiger partial charge >= 0.3 is 0 Å². The highest BCUT2D eigenvalue weighted by molar-refractivity contribution is 6.32. The van der Waals surface area contributed by atoms with Crippen molar-refractivity contribution in [2.45, 2.75) is 70.3 Å². The fourth-order valence-corrected chi connectivity index (χ4v) is 5.59. The summed E-state index contributed by atoms with van der Waals surface area (Å²) in [6, 6.07) is 2.36. The molecular weight excluding hydrogens is 440 g/mol. The molecule has 1 amide bonds. The maximum atomic E-state index is 11.7. The van der Waals surface area contributed by atoms with E-state index >= 15 is 0 Å². The number of nitrogens with zero attached hydrogens (tertiary/aromatic N) is 6. The lowest BCUT2D eigenvalue weighted by atomic mass is 9.67. The smallest absolute Gasteiger partial charge is 0.227 e. The number of carbonyl (C=O) groups is 1. The Hall–Kier alpha value is -2.55. The summed E-state index contributed by atoms with van der Waals surface area (Å²) < 4.78 is 0. The van der Waals surface area contributed by atoms with E-state index < -0.39 is 0 Å². The van der Waals surface area contributed by atoms with Gasteiger partial charge in [0.2, 0.25) is 11.9 Å². The Morgan fingerprint density at radius 2 is 1.91 bits per heavy atom. The van der Waals surface area contributed by atoms with Crippen molar-refractivity contribution in [2.24, 2.45) is 5.41 Å². The van der Waals surface area contributed by atoms with Crippen LogP contribution in [0.1, 0.15) is 69.9 Å². The number of amides is 1. The van der Waals surface area contributed by atoms with Crippen molar-refractivity contribution in [3.63, 3.8) is 0 Å². The zero-order valence-electron chi connectivity index (χ0n) is 19.4. The highest BCUT2D eigenvalue weighted by Crippen LogP contribution is 2.46. The highest BCUT2D eigenvalue weighted by atomic mass is 35.5. The third kappa shape index (κ3) is 4.60. The van der Waals surface area contributed by atoms with E-state index in [1.54, 1.807) is 13.1 Å². The Morgan fingerprint density at radius 3 is 2.55 bits per heavy atom. The lowest BCUT2D eigenvalue weighted by Crippen LogP contribution is -2.46. The normalized spacial score (nSPS) is 20.8. The number of nitrogens with one attached hydrogen (secondary N) is 1. The average molecular weight is 473 g/mol. The minimum atomic E-state index is 0.199. The molecule has 0 unspecified atom stereocenters. The largest absolute Gasteiger partial charge is 0.343 e. The summed E-state index contributed by atoms with van der Waals surface area (Å²) in [7, 11) is 2.06. The molecule has 0 aromatic carbocycles. The van der Waals surface area contributed by atoms with E-state index in [1.165, 1.54) is 17.6 Å². The van der Waals surface area contributed by atoms with Gasteiger partial charge < -0.3 is 21.0 Å². The monoisotopic (exact) mass is 472 g/mol. The van der Waals surface area contributed by atoms with Crippen LogP contribution in [0.3, 0.4) is 0 Å². The van der Waals surface area contributed by atoms with Gasteiger partial charge in [-0.2, -0.15) is 9.77 Å². The van der Waals surface area contributed by atoms with Crippen molar-refractivity contribution in [1.29, 1.82) is 0 Å². The molecule has 0 bridgehead atoms. The van der Waals surface area contributed by atoms with Gasteiger partial charge in [-0.25, -0.2) is 4.98 Å². The first-order valence-electron chi connectivity index (χ1n) is 12.0. The maximum absolute atomic E-state index is 11.7. The van der Waals surface area contributed by atoms with E-state index in [4.69, 9.17) is 22.4 Å². The summed E-state index contributed by atoms with van der Waals surface area (Å²) in [5.74, 6) is 8.55. The summed E-state index contributed by atoms with van der Waals surface area (Å²) in [6.45, 7) is 3.46. The van der Waals surface area contributed by atoms with Crippen LogP contribution in [-0.4, -0.2) is 56.8 Å². The molecule has 3 heterocycles. The fraction of sp³-hybridized carbons (Fsp3) is 0.652. The third-order valence-corrected chi connectivity index (χ3v) is 8.16. The van der Waals surface area contributed by atoms with Gasteiger partial charge in [0.05, 0.1) is 11.9 Å². The number of hydrogen-bond donors (Lipinski definition) is 2. The van der Waals surface area contributed by atoms with Gasteiger partial charge in [0, 0.05) is 45.1 Å². The number of piperidine rings is 1. The Kier molecular flexibility index (Phi) is 5.84. The fourth-order valence-electron chi connectivity index (χ4n) is 5.45. The number of nitrogens with two attached hydrogens (primary N) is 1. The molecular formula is C23H33ClN8O.